The van der Waals surface area contributed by atoms with E-state index >= 15 is 0 Å². The molecule has 0 N–H and O–H groups in total. The van der Waals surface area contributed by atoms with Gasteiger partial charge in [-0.1, -0.05) is 13.8 Å². The van der Waals surface area contributed by atoms with Crippen molar-refractivity contribution in [3.8, 4) is 0 Å². The number of piperidine rings is 1. The number of ketones is 1. The summed E-state index contributed by atoms with van der Waals surface area (Å²) in [7, 11) is 0. The number of Topliss-reactive ketones (excluding diaryl/α,β-unsaturated/α-hetero) is 1. The normalized spacial score (nSPS) is 27.1. The first-order chi connectivity index (χ1) is 20.2. The Hall–Kier alpha value is -2.53. The highest BCUT2D eigenvalue weighted by Gasteiger charge is 2.57. The van der Waals surface area contributed by atoms with Crippen LogP contribution in [-0.2, 0) is 47.7 Å². The van der Waals surface area contributed by atoms with Crippen LogP contribution in [0.3, 0.4) is 0 Å². The quantitative estimate of drug-likeness (QED) is 0.279. The lowest BCUT2D eigenvalue weighted by Crippen LogP contribution is -2.69. The minimum Gasteiger partial charge on any atom is -0.462 e. The zero-order valence-electron chi connectivity index (χ0n) is 29.9. The Morgan fingerprint density at radius 2 is 1.13 bits per heavy atom. The summed E-state index contributed by atoms with van der Waals surface area (Å²) in [5.41, 5.74) is -3.67. The molecule has 258 valence electrons. The second-order valence-electron chi connectivity index (χ2n) is 16.8. The van der Waals surface area contributed by atoms with E-state index < -0.39 is 76.2 Å². The maximum absolute atomic E-state index is 13.5. The molecule has 11 heteroatoms. The van der Waals surface area contributed by atoms with Gasteiger partial charge in [0.25, 0.3) is 0 Å². The van der Waals surface area contributed by atoms with Crippen LogP contribution in [0.25, 0.3) is 0 Å². The maximum atomic E-state index is 13.5. The molecule has 11 nitrogen and oxygen atoms in total. The number of hydrogen-bond acceptors (Lipinski definition) is 11. The van der Waals surface area contributed by atoms with Gasteiger partial charge >= 0.3 is 23.9 Å². The lowest BCUT2D eigenvalue weighted by molar-refractivity contribution is -0.290. The molecule has 2 aliphatic heterocycles. The monoisotopic (exact) mass is 639 g/mol. The van der Waals surface area contributed by atoms with Crippen LogP contribution in [0.5, 0.6) is 0 Å². The molecule has 2 heterocycles. The molecule has 2 fully saturated rings. The zero-order valence-corrected chi connectivity index (χ0v) is 29.9. The lowest BCUT2D eigenvalue weighted by Gasteiger charge is -2.51. The number of ether oxygens (including phenoxy) is 5. The number of carbonyl (C=O) groups excluding carboxylic acids is 5. The molecule has 6 atom stereocenters. The Morgan fingerprint density at radius 3 is 1.56 bits per heavy atom. The molecule has 2 rings (SSSR count). The van der Waals surface area contributed by atoms with Crippen LogP contribution >= 0.6 is 0 Å². The number of hydrogen-bond donors (Lipinski definition) is 0. The first kappa shape index (κ1) is 38.7. The third-order valence-corrected chi connectivity index (χ3v) is 7.77. The van der Waals surface area contributed by atoms with Crippen molar-refractivity contribution in [1.29, 1.82) is 0 Å². The predicted molar refractivity (Wildman–Crippen MR) is 167 cm³/mol. The largest absolute Gasteiger partial charge is 0.462 e. The van der Waals surface area contributed by atoms with Gasteiger partial charge in [0.1, 0.15) is 18.5 Å². The summed E-state index contributed by atoms with van der Waals surface area (Å²) in [4.78, 5) is 67.8. The highest BCUT2D eigenvalue weighted by atomic mass is 16.7. The van der Waals surface area contributed by atoms with Gasteiger partial charge in [0.15, 0.2) is 24.5 Å². The average Bonchev–Trinajstić information content (AvgIpc) is 2.87. The molecule has 0 amide bonds. The van der Waals surface area contributed by atoms with Crippen molar-refractivity contribution in [2.75, 3.05) is 13.2 Å². The predicted octanol–water partition coefficient (Wildman–Crippen LogP) is 4.86. The van der Waals surface area contributed by atoms with E-state index in [1.54, 1.807) is 83.1 Å². The molecule has 45 heavy (non-hydrogen) atoms. The van der Waals surface area contributed by atoms with Crippen molar-refractivity contribution in [2.24, 2.45) is 27.6 Å². The van der Waals surface area contributed by atoms with Gasteiger partial charge in [-0.05, 0) is 89.0 Å². The second-order valence-corrected chi connectivity index (χ2v) is 16.8. The summed E-state index contributed by atoms with van der Waals surface area (Å²) < 4.78 is 30.7. The standard InChI is InChI=1S/C34H57NO10/c1-19(2)21-17-20(36)15-16-35(21)26-25(45-30(40)34(12,13)14)24(44-29(39)33(9,10)11)23(43-28(38)32(6,7)8)22(42-26)18-41-27(37)31(3,4)5/h19,21-26H,15-18H2,1-14H3/t21-,22+,23+,24+,25+,26+/m0/s1. The Morgan fingerprint density at radius 1 is 0.711 bits per heavy atom. The van der Waals surface area contributed by atoms with E-state index in [0.29, 0.717) is 6.54 Å². The third-order valence-electron chi connectivity index (χ3n) is 7.77. The molecule has 0 bridgehead atoms. The van der Waals surface area contributed by atoms with Crippen LogP contribution in [0.1, 0.15) is 110 Å². The number of likely N-dealkylation sites (tertiary alicyclic amines) is 1. The molecule has 0 radical (unpaired) electrons. The summed E-state index contributed by atoms with van der Waals surface area (Å²) in [6.45, 7) is 24.3. The highest BCUT2D eigenvalue weighted by Crippen LogP contribution is 2.37. The summed E-state index contributed by atoms with van der Waals surface area (Å²) in [5.74, 6) is -2.18. The summed E-state index contributed by atoms with van der Waals surface area (Å²) in [6, 6.07) is -0.280. The maximum Gasteiger partial charge on any atom is 0.311 e. The van der Waals surface area contributed by atoms with Crippen LogP contribution in [0.15, 0.2) is 0 Å². The van der Waals surface area contributed by atoms with E-state index in [9.17, 15) is 24.0 Å². The molecule has 2 aliphatic rings. The molecular formula is C34H57NO10. The molecule has 0 unspecified atom stereocenters. The molecule has 0 aromatic carbocycles. The van der Waals surface area contributed by atoms with Crippen LogP contribution in [-0.4, -0.2) is 84.4 Å². The molecule has 0 saturated carbocycles. The minimum atomic E-state index is -1.32. The lowest BCUT2D eigenvalue weighted by atomic mass is 9.88. The van der Waals surface area contributed by atoms with Gasteiger partial charge in [-0.3, -0.25) is 28.9 Å². The minimum absolute atomic E-state index is 0.0148. The van der Waals surface area contributed by atoms with E-state index in [1.165, 1.54) is 0 Å². The molecule has 0 aromatic rings. The van der Waals surface area contributed by atoms with Gasteiger partial charge < -0.3 is 23.7 Å². The van der Waals surface area contributed by atoms with Gasteiger partial charge in [-0.2, -0.15) is 0 Å². The van der Waals surface area contributed by atoms with Crippen LogP contribution in [0.2, 0.25) is 0 Å². The number of nitrogens with zero attached hydrogens (tertiary/aromatic N) is 1. The number of esters is 4. The Bertz CT molecular complexity index is 1100. The zero-order chi connectivity index (χ0) is 34.9. The molecular weight excluding hydrogens is 582 g/mol. The average molecular weight is 640 g/mol. The van der Waals surface area contributed by atoms with Crippen molar-refractivity contribution in [1.82, 2.24) is 4.90 Å². The molecule has 0 aliphatic carbocycles. The number of carbonyl (C=O) groups is 5. The Kier molecular flexibility index (Phi) is 12.1. The van der Waals surface area contributed by atoms with E-state index in [4.69, 9.17) is 23.7 Å². The van der Waals surface area contributed by atoms with Crippen molar-refractivity contribution in [3.05, 3.63) is 0 Å². The van der Waals surface area contributed by atoms with Gasteiger partial charge in [-0.15, -0.1) is 0 Å². The first-order valence-electron chi connectivity index (χ1n) is 16.0. The van der Waals surface area contributed by atoms with E-state index in [1.807, 2.05) is 18.7 Å². The SMILES string of the molecule is CC(C)[C@@H]1CC(=O)CCN1[C@@H]1O[C@H](COC(=O)C(C)(C)C)[C@@H](OC(=O)C(C)(C)C)[C@@H](OC(=O)C(C)(C)C)[C@H]1OC(=O)C(C)(C)C. The van der Waals surface area contributed by atoms with E-state index in [0.717, 1.165) is 0 Å². The smallest absolute Gasteiger partial charge is 0.311 e. The second kappa shape index (κ2) is 14.1. The Labute approximate surface area is 269 Å². The highest BCUT2D eigenvalue weighted by molar-refractivity contribution is 5.80. The fourth-order valence-corrected chi connectivity index (χ4v) is 4.78. The third kappa shape index (κ3) is 10.2. The summed E-state index contributed by atoms with van der Waals surface area (Å²) in [5, 5.41) is 0. The van der Waals surface area contributed by atoms with Gasteiger partial charge in [-0.25, -0.2) is 0 Å². The van der Waals surface area contributed by atoms with Crippen LogP contribution in [0.4, 0.5) is 0 Å². The van der Waals surface area contributed by atoms with Gasteiger partial charge in [0.05, 0.1) is 21.7 Å². The topological polar surface area (TPSA) is 135 Å². The van der Waals surface area contributed by atoms with Gasteiger partial charge in [0, 0.05) is 25.4 Å². The fourth-order valence-electron chi connectivity index (χ4n) is 4.78. The van der Waals surface area contributed by atoms with E-state index in [-0.39, 0.29) is 37.2 Å². The van der Waals surface area contributed by atoms with Crippen molar-refractivity contribution in [3.63, 3.8) is 0 Å². The first-order valence-corrected chi connectivity index (χ1v) is 16.0. The van der Waals surface area contributed by atoms with Gasteiger partial charge in [0.2, 0.25) is 0 Å². The molecule has 2 saturated heterocycles. The summed E-state index contributed by atoms with van der Waals surface area (Å²) in [6.07, 6.45) is -5.47. The summed E-state index contributed by atoms with van der Waals surface area (Å²) >= 11 is 0. The van der Waals surface area contributed by atoms with Crippen LogP contribution in [0, 0.1) is 27.6 Å². The van der Waals surface area contributed by atoms with Crippen molar-refractivity contribution < 1.29 is 47.7 Å². The Balaban J connectivity index is 2.79. The van der Waals surface area contributed by atoms with Crippen LogP contribution < -0.4 is 0 Å². The number of rotatable bonds is 7. The van der Waals surface area contributed by atoms with Crippen molar-refractivity contribution in [2.45, 2.75) is 146 Å². The van der Waals surface area contributed by atoms with Crippen molar-refractivity contribution >= 4 is 29.7 Å². The fraction of sp³-hybridized carbons (Fsp3) is 0.853. The van der Waals surface area contributed by atoms with E-state index in [2.05, 4.69) is 0 Å². The molecule has 0 aromatic heterocycles. The molecule has 0 spiro atoms.